The van der Waals surface area contributed by atoms with Gasteiger partial charge in [0.25, 0.3) is 0 Å². The maximum absolute atomic E-state index is 12.5. The molecule has 0 saturated carbocycles. The first-order valence-corrected chi connectivity index (χ1v) is 7.42. The van der Waals surface area contributed by atoms with E-state index in [2.05, 4.69) is 5.16 Å². The van der Waals surface area contributed by atoms with Crippen molar-refractivity contribution in [1.82, 2.24) is 0 Å². The maximum atomic E-state index is 12.5. The molecule has 2 atom stereocenters. The second kappa shape index (κ2) is 5.57. The van der Waals surface area contributed by atoms with Crippen LogP contribution in [-0.2, 0) is 9.59 Å². The van der Waals surface area contributed by atoms with E-state index in [1.807, 2.05) is 6.08 Å². The first-order chi connectivity index (χ1) is 10.5. The average molecular weight is 319 g/mol. The van der Waals surface area contributed by atoms with Crippen LogP contribution in [0.5, 0.6) is 0 Å². The number of amides is 2. The number of benzene rings is 1. The molecule has 114 valence electrons. The summed E-state index contributed by atoms with van der Waals surface area (Å²) in [6.07, 6.45) is 2.77. The van der Waals surface area contributed by atoms with Gasteiger partial charge in [0, 0.05) is 5.03 Å². The lowest BCUT2D eigenvalue weighted by Gasteiger charge is -2.17. The van der Waals surface area contributed by atoms with E-state index >= 15 is 0 Å². The molecule has 1 heterocycles. The minimum absolute atomic E-state index is 0.171. The number of anilines is 1. The molecule has 1 saturated heterocycles. The number of hydrogen-bond donors (Lipinski definition) is 1. The van der Waals surface area contributed by atoms with Gasteiger partial charge in [0.05, 0.1) is 23.2 Å². The van der Waals surface area contributed by atoms with Crippen LogP contribution in [0.3, 0.4) is 0 Å². The third-order valence-electron chi connectivity index (χ3n) is 4.26. The number of imide groups is 1. The Labute approximate surface area is 132 Å². The quantitative estimate of drug-likeness (QED) is 0.394. The smallest absolute Gasteiger partial charge is 0.238 e. The van der Waals surface area contributed by atoms with Crippen LogP contribution in [0, 0.1) is 11.8 Å². The molecule has 0 radical (unpaired) electrons. The molecule has 0 spiro atoms. The number of halogens is 1. The predicted molar refractivity (Wildman–Crippen MR) is 83.1 cm³/mol. The summed E-state index contributed by atoms with van der Waals surface area (Å²) in [5, 5.41) is 12.5. The van der Waals surface area contributed by atoms with Crippen molar-refractivity contribution in [2.75, 3.05) is 4.90 Å². The zero-order valence-corrected chi connectivity index (χ0v) is 12.7. The monoisotopic (exact) mass is 318 g/mol. The Hall–Kier alpha value is -2.14. The molecule has 2 amide bonds. The highest BCUT2D eigenvalue weighted by molar-refractivity contribution is 6.30. The molecule has 0 aromatic heterocycles. The van der Waals surface area contributed by atoms with Crippen molar-refractivity contribution >= 4 is 34.8 Å². The molecule has 1 aliphatic heterocycles. The highest BCUT2D eigenvalue weighted by Gasteiger charge is 2.48. The van der Waals surface area contributed by atoms with Crippen molar-refractivity contribution in [3.63, 3.8) is 0 Å². The van der Waals surface area contributed by atoms with E-state index in [1.165, 1.54) is 4.90 Å². The Kier molecular flexibility index (Phi) is 3.74. The molecule has 1 aromatic rings. The van der Waals surface area contributed by atoms with Crippen LogP contribution in [0.1, 0.15) is 25.3 Å². The lowest BCUT2D eigenvalue weighted by molar-refractivity contribution is -0.122. The van der Waals surface area contributed by atoms with Gasteiger partial charge in [-0.3, -0.25) is 14.5 Å². The number of carbonyl (C=O) groups is 2. The molecule has 1 aromatic carbocycles. The Morgan fingerprint density at radius 3 is 2.50 bits per heavy atom. The fourth-order valence-electron chi connectivity index (χ4n) is 2.99. The summed E-state index contributed by atoms with van der Waals surface area (Å²) in [6.45, 7) is 1.67. The van der Waals surface area contributed by atoms with Gasteiger partial charge in [0.1, 0.15) is 0 Å². The molecule has 22 heavy (non-hydrogen) atoms. The van der Waals surface area contributed by atoms with Crippen LogP contribution in [0.4, 0.5) is 5.69 Å². The van der Waals surface area contributed by atoms with E-state index in [4.69, 9.17) is 16.8 Å². The molecule has 5 nitrogen and oxygen atoms in total. The van der Waals surface area contributed by atoms with Crippen molar-refractivity contribution in [2.45, 2.75) is 19.8 Å². The molecular formula is C16H15ClN2O3. The molecule has 0 bridgehead atoms. The number of fused-ring (bicyclic) bond motifs is 1. The van der Waals surface area contributed by atoms with E-state index < -0.39 is 0 Å². The lowest BCUT2D eigenvalue weighted by Crippen LogP contribution is -2.30. The van der Waals surface area contributed by atoms with Crippen molar-refractivity contribution in [3.8, 4) is 0 Å². The molecule has 2 aliphatic rings. The molecule has 2 unspecified atom stereocenters. The van der Waals surface area contributed by atoms with Gasteiger partial charge in [-0.1, -0.05) is 35.0 Å². The van der Waals surface area contributed by atoms with E-state index in [1.54, 1.807) is 31.2 Å². The van der Waals surface area contributed by atoms with Crippen LogP contribution in [0.25, 0.3) is 0 Å². The normalized spacial score (nSPS) is 25.3. The highest BCUT2D eigenvalue weighted by Crippen LogP contribution is 2.40. The Balaban J connectivity index is 1.90. The van der Waals surface area contributed by atoms with Crippen LogP contribution >= 0.6 is 11.6 Å². The first kappa shape index (κ1) is 14.8. The van der Waals surface area contributed by atoms with E-state index in [0.717, 1.165) is 5.56 Å². The number of nitrogens with zero attached hydrogens (tertiary/aromatic N) is 2. The Bertz CT molecular complexity index is 694. The SMILES string of the molecule is CC(=NO)c1ccc(N2C(=O)C3CC=C(Cl)CC3C2=O)cc1. The standard InChI is InChI=1S/C16H15ClN2O3/c1-9(18-22)10-2-5-12(6-3-10)19-15(20)13-7-4-11(17)8-14(13)16(19)21/h2-6,13-14,22H,7-8H2,1H3. The zero-order chi connectivity index (χ0) is 15.9. The summed E-state index contributed by atoms with van der Waals surface area (Å²) in [7, 11) is 0. The Morgan fingerprint density at radius 2 is 1.86 bits per heavy atom. The molecule has 3 rings (SSSR count). The topological polar surface area (TPSA) is 70.0 Å². The minimum atomic E-state index is -0.356. The number of carbonyl (C=O) groups excluding carboxylic acids is 2. The molecule has 6 heteroatoms. The largest absolute Gasteiger partial charge is 0.411 e. The summed E-state index contributed by atoms with van der Waals surface area (Å²) >= 11 is 6.00. The molecular weight excluding hydrogens is 304 g/mol. The first-order valence-electron chi connectivity index (χ1n) is 7.04. The van der Waals surface area contributed by atoms with Gasteiger partial charge >= 0.3 is 0 Å². The molecule has 1 fully saturated rings. The molecule has 1 aliphatic carbocycles. The van der Waals surface area contributed by atoms with Gasteiger partial charge < -0.3 is 5.21 Å². The lowest BCUT2D eigenvalue weighted by atomic mass is 9.85. The third kappa shape index (κ3) is 2.31. The summed E-state index contributed by atoms with van der Waals surface area (Å²) in [5.41, 5.74) is 1.73. The zero-order valence-electron chi connectivity index (χ0n) is 12.0. The maximum Gasteiger partial charge on any atom is 0.238 e. The Morgan fingerprint density at radius 1 is 1.23 bits per heavy atom. The van der Waals surface area contributed by atoms with Crippen molar-refractivity contribution < 1.29 is 14.8 Å². The fourth-order valence-corrected chi connectivity index (χ4v) is 3.25. The van der Waals surface area contributed by atoms with Gasteiger partial charge in [-0.15, -0.1) is 0 Å². The third-order valence-corrected chi connectivity index (χ3v) is 4.57. The van der Waals surface area contributed by atoms with Gasteiger partial charge in [-0.2, -0.15) is 0 Å². The van der Waals surface area contributed by atoms with Crippen molar-refractivity contribution in [1.29, 1.82) is 0 Å². The van der Waals surface area contributed by atoms with Crippen molar-refractivity contribution in [3.05, 3.63) is 40.9 Å². The minimum Gasteiger partial charge on any atom is -0.411 e. The predicted octanol–water partition coefficient (Wildman–Crippen LogP) is 2.91. The number of oxime groups is 1. The average Bonchev–Trinajstić information content (AvgIpc) is 2.78. The summed E-state index contributed by atoms with van der Waals surface area (Å²) in [5.74, 6) is -1.03. The van der Waals surface area contributed by atoms with Gasteiger partial charge in [-0.25, -0.2) is 0 Å². The summed E-state index contributed by atoms with van der Waals surface area (Å²) in [4.78, 5) is 26.3. The van der Waals surface area contributed by atoms with E-state index in [-0.39, 0.29) is 23.7 Å². The summed E-state index contributed by atoms with van der Waals surface area (Å²) in [6, 6.07) is 6.81. The number of hydrogen-bond acceptors (Lipinski definition) is 4. The van der Waals surface area contributed by atoms with E-state index in [0.29, 0.717) is 29.3 Å². The van der Waals surface area contributed by atoms with Crippen LogP contribution < -0.4 is 4.90 Å². The van der Waals surface area contributed by atoms with Crippen LogP contribution in [-0.4, -0.2) is 22.7 Å². The van der Waals surface area contributed by atoms with Gasteiger partial charge in [0.2, 0.25) is 11.8 Å². The number of allylic oxidation sites excluding steroid dienone is 2. The van der Waals surface area contributed by atoms with Gasteiger partial charge in [-0.05, 0) is 37.5 Å². The van der Waals surface area contributed by atoms with Crippen molar-refractivity contribution in [2.24, 2.45) is 17.0 Å². The highest BCUT2D eigenvalue weighted by atomic mass is 35.5. The number of rotatable bonds is 2. The molecule has 1 N–H and O–H groups in total. The van der Waals surface area contributed by atoms with Crippen LogP contribution in [0.15, 0.2) is 40.5 Å². The fraction of sp³-hybridized carbons (Fsp3) is 0.312. The summed E-state index contributed by atoms with van der Waals surface area (Å²) < 4.78 is 0. The second-order valence-corrected chi connectivity index (χ2v) is 6.03. The second-order valence-electron chi connectivity index (χ2n) is 5.55. The van der Waals surface area contributed by atoms with Crippen LogP contribution in [0.2, 0.25) is 0 Å². The van der Waals surface area contributed by atoms with Gasteiger partial charge in [0.15, 0.2) is 0 Å². The van der Waals surface area contributed by atoms with E-state index in [9.17, 15) is 9.59 Å².